The van der Waals surface area contributed by atoms with Gasteiger partial charge in [0.25, 0.3) is 0 Å². The Labute approximate surface area is 126 Å². The van der Waals surface area contributed by atoms with E-state index >= 15 is 0 Å². The standard InChI is InChI=1S/C18H13BrO/c19-16-12-11-15(13-7-3-1-4-8-13)18(20)17(16)14-9-5-2-6-10-14/h1-12,20H. The highest BCUT2D eigenvalue weighted by Gasteiger charge is 2.13. The van der Waals surface area contributed by atoms with Crippen molar-refractivity contribution in [1.82, 2.24) is 0 Å². The molecule has 0 amide bonds. The molecule has 0 bridgehead atoms. The van der Waals surface area contributed by atoms with Crippen molar-refractivity contribution in [2.24, 2.45) is 0 Å². The van der Waals surface area contributed by atoms with E-state index in [1.807, 2.05) is 72.8 Å². The van der Waals surface area contributed by atoms with E-state index in [1.54, 1.807) is 0 Å². The minimum absolute atomic E-state index is 0.303. The van der Waals surface area contributed by atoms with Gasteiger partial charge in [-0.2, -0.15) is 0 Å². The second-order valence-corrected chi connectivity index (χ2v) is 5.40. The van der Waals surface area contributed by atoms with Crippen LogP contribution in [-0.2, 0) is 0 Å². The first-order chi connectivity index (χ1) is 9.77. The van der Waals surface area contributed by atoms with Crippen LogP contribution in [0.5, 0.6) is 5.75 Å². The highest BCUT2D eigenvalue weighted by atomic mass is 79.9. The fourth-order valence-electron chi connectivity index (χ4n) is 2.30. The van der Waals surface area contributed by atoms with E-state index < -0.39 is 0 Å². The molecule has 0 aromatic heterocycles. The average molecular weight is 325 g/mol. The number of rotatable bonds is 2. The van der Waals surface area contributed by atoms with Crippen LogP contribution in [0.15, 0.2) is 77.3 Å². The molecule has 0 aliphatic rings. The van der Waals surface area contributed by atoms with Crippen molar-refractivity contribution in [2.75, 3.05) is 0 Å². The molecule has 3 aromatic carbocycles. The van der Waals surface area contributed by atoms with Gasteiger partial charge in [0, 0.05) is 15.6 Å². The van der Waals surface area contributed by atoms with E-state index in [-0.39, 0.29) is 0 Å². The molecular formula is C18H13BrO. The zero-order valence-corrected chi connectivity index (χ0v) is 12.3. The summed E-state index contributed by atoms with van der Waals surface area (Å²) in [6, 6.07) is 23.7. The quantitative estimate of drug-likeness (QED) is 0.661. The Balaban J connectivity index is 2.22. The molecule has 0 saturated carbocycles. The molecule has 1 nitrogen and oxygen atoms in total. The van der Waals surface area contributed by atoms with Gasteiger partial charge in [0.1, 0.15) is 5.75 Å². The third-order valence-electron chi connectivity index (χ3n) is 3.27. The second kappa shape index (κ2) is 5.51. The molecule has 0 heterocycles. The molecule has 0 aliphatic heterocycles. The SMILES string of the molecule is Oc1c(-c2ccccc2)ccc(Br)c1-c1ccccc1. The van der Waals surface area contributed by atoms with Crippen LogP contribution in [0.3, 0.4) is 0 Å². The van der Waals surface area contributed by atoms with Crippen LogP contribution in [0, 0.1) is 0 Å². The van der Waals surface area contributed by atoms with Crippen molar-refractivity contribution in [3.05, 3.63) is 77.3 Å². The molecule has 20 heavy (non-hydrogen) atoms. The normalized spacial score (nSPS) is 10.4. The molecule has 98 valence electrons. The average Bonchev–Trinajstić information content (AvgIpc) is 2.49. The Hall–Kier alpha value is -2.06. The Bertz CT molecular complexity index is 721. The zero-order chi connectivity index (χ0) is 13.9. The molecule has 0 saturated heterocycles. The lowest BCUT2D eigenvalue weighted by molar-refractivity contribution is 0.479. The fraction of sp³-hybridized carbons (Fsp3) is 0. The Morgan fingerprint density at radius 2 is 1.20 bits per heavy atom. The van der Waals surface area contributed by atoms with Crippen LogP contribution in [-0.4, -0.2) is 5.11 Å². The largest absolute Gasteiger partial charge is 0.507 e. The molecule has 2 heteroatoms. The maximum Gasteiger partial charge on any atom is 0.132 e. The first-order valence-corrected chi connectivity index (χ1v) is 7.19. The van der Waals surface area contributed by atoms with E-state index in [4.69, 9.17) is 0 Å². The topological polar surface area (TPSA) is 20.2 Å². The van der Waals surface area contributed by atoms with Crippen molar-refractivity contribution >= 4 is 15.9 Å². The molecule has 0 atom stereocenters. The van der Waals surface area contributed by atoms with Crippen LogP contribution in [0.25, 0.3) is 22.3 Å². The van der Waals surface area contributed by atoms with Crippen LogP contribution >= 0.6 is 15.9 Å². The van der Waals surface area contributed by atoms with Crippen LogP contribution in [0.4, 0.5) is 0 Å². The Kier molecular flexibility index (Phi) is 3.57. The monoisotopic (exact) mass is 324 g/mol. The number of benzene rings is 3. The van der Waals surface area contributed by atoms with Gasteiger partial charge in [0.15, 0.2) is 0 Å². The lowest BCUT2D eigenvalue weighted by Crippen LogP contribution is -1.85. The molecule has 0 fully saturated rings. The summed E-state index contributed by atoms with van der Waals surface area (Å²) in [5.74, 6) is 0.303. The molecule has 0 aliphatic carbocycles. The molecule has 0 spiro atoms. The minimum Gasteiger partial charge on any atom is -0.507 e. The number of aromatic hydroxyl groups is 1. The third kappa shape index (κ3) is 2.35. The molecule has 0 radical (unpaired) electrons. The summed E-state index contributed by atoms with van der Waals surface area (Å²) in [6.45, 7) is 0. The van der Waals surface area contributed by atoms with Crippen molar-refractivity contribution in [1.29, 1.82) is 0 Å². The van der Waals surface area contributed by atoms with Gasteiger partial charge in [-0.1, -0.05) is 76.6 Å². The van der Waals surface area contributed by atoms with Gasteiger partial charge in [-0.25, -0.2) is 0 Å². The maximum absolute atomic E-state index is 10.6. The highest BCUT2D eigenvalue weighted by Crippen LogP contribution is 2.42. The third-order valence-corrected chi connectivity index (χ3v) is 3.94. The summed E-state index contributed by atoms with van der Waals surface area (Å²) >= 11 is 3.53. The summed E-state index contributed by atoms with van der Waals surface area (Å²) in [5.41, 5.74) is 3.67. The fourth-order valence-corrected chi connectivity index (χ4v) is 2.85. The summed E-state index contributed by atoms with van der Waals surface area (Å²) in [4.78, 5) is 0. The minimum atomic E-state index is 0.303. The lowest BCUT2D eigenvalue weighted by Gasteiger charge is -2.12. The number of phenolic OH excluding ortho intramolecular Hbond substituents is 1. The molecular weight excluding hydrogens is 312 g/mol. The van der Waals surface area contributed by atoms with E-state index in [0.717, 1.165) is 26.7 Å². The molecule has 3 rings (SSSR count). The van der Waals surface area contributed by atoms with Gasteiger partial charge in [-0.15, -0.1) is 0 Å². The van der Waals surface area contributed by atoms with E-state index in [0.29, 0.717) is 5.75 Å². The summed E-state index contributed by atoms with van der Waals surface area (Å²) < 4.78 is 0.890. The Morgan fingerprint density at radius 1 is 0.650 bits per heavy atom. The zero-order valence-electron chi connectivity index (χ0n) is 10.8. The smallest absolute Gasteiger partial charge is 0.132 e. The maximum atomic E-state index is 10.6. The van der Waals surface area contributed by atoms with Crippen LogP contribution < -0.4 is 0 Å². The number of hydrogen-bond acceptors (Lipinski definition) is 1. The van der Waals surface area contributed by atoms with Crippen molar-refractivity contribution < 1.29 is 5.11 Å². The van der Waals surface area contributed by atoms with Crippen LogP contribution in [0.1, 0.15) is 0 Å². The van der Waals surface area contributed by atoms with Gasteiger partial charge >= 0.3 is 0 Å². The van der Waals surface area contributed by atoms with Gasteiger partial charge in [-0.05, 0) is 23.3 Å². The summed E-state index contributed by atoms with van der Waals surface area (Å²) in [7, 11) is 0. The van der Waals surface area contributed by atoms with Gasteiger partial charge in [-0.3, -0.25) is 0 Å². The van der Waals surface area contributed by atoms with Gasteiger partial charge in [0.2, 0.25) is 0 Å². The highest BCUT2D eigenvalue weighted by molar-refractivity contribution is 9.10. The van der Waals surface area contributed by atoms with Crippen molar-refractivity contribution in [2.45, 2.75) is 0 Å². The number of halogens is 1. The summed E-state index contributed by atoms with van der Waals surface area (Å²) in [6.07, 6.45) is 0. The molecule has 0 unspecified atom stereocenters. The first-order valence-electron chi connectivity index (χ1n) is 6.39. The Morgan fingerprint density at radius 3 is 1.80 bits per heavy atom. The molecule has 1 N–H and O–H groups in total. The van der Waals surface area contributed by atoms with Crippen LogP contribution in [0.2, 0.25) is 0 Å². The lowest BCUT2D eigenvalue weighted by atomic mass is 9.97. The molecule has 3 aromatic rings. The van der Waals surface area contributed by atoms with Crippen molar-refractivity contribution in [3.8, 4) is 28.0 Å². The van der Waals surface area contributed by atoms with E-state index in [2.05, 4.69) is 15.9 Å². The van der Waals surface area contributed by atoms with Gasteiger partial charge in [0.05, 0.1) is 0 Å². The van der Waals surface area contributed by atoms with E-state index in [1.165, 1.54) is 0 Å². The summed E-state index contributed by atoms with van der Waals surface area (Å²) in [5, 5.41) is 10.6. The first kappa shape index (κ1) is 12.9. The van der Waals surface area contributed by atoms with Gasteiger partial charge < -0.3 is 5.11 Å². The second-order valence-electron chi connectivity index (χ2n) is 4.55. The number of hydrogen-bond donors (Lipinski definition) is 1. The predicted octanol–water partition coefficient (Wildman–Crippen LogP) is 5.49. The van der Waals surface area contributed by atoms with Crippen molar-refractivity contribution in [3.63, 3.8) is 0 Å². The number of phenols is 1. The predicted molar refractivity (Wildman–Crippen MR) is 86.7 cm³/mol. The van der Waals surface area contributed by atoms with E-state index in [9.17, 15) is 5.11 Å².